The third-order valence-corrected chi connectivity index (χ3v) is 33.2. The Kier molecular flexibility index (Phi) is 28.9. The highest BCUT2D eigenvalue weighted by Gasteiger charge is 2.47. The summed E-state index contributed by atoms with van der Waals surface area (Å²) in [6, 6.07) is 12.6. The number of halogens is 3. The maximum atomic E-state index is 11.6. The topological polar surface area (TPSA) is 496 Å². The number of hydrogen-bond acceptors (Lipinski definition) is 39. The van der Waals surface area contributed by atoms with Crippen molar-refractivity contribution in [2.45, 2.75) is 239 Å². The van der Waals surface area contributed by atoms with Crippen LogP contribution in [-0.4, -0.2) is 291 Å². The standard InChI is InChI=1S/C25H31N9O2.C25H30N8O3.C24H32N8O2.C17H21IN6O3.C10H10ClIN4O/c26-24-30-25(16-36-24)8-12-32(13-9-25)19-15-28-21-22(29-19)34(20-7-1-2-14-35-20)31-23(21)33-11-4-5-17-18(33)6-3-10-27-17;34-24-29-25(16-36-24)8-12-31(13-9-25)19-15-27-21-22(28-19)33(20-7-1-2-14-35-20)30-23(21)32-11-4-5-17-18(32)6-3-10-26-17;25-24(16-33)8-12-30(13-9-24)19-15-27-21-22(28-19)32(20-7-1-2-14-34-20)29-23(21)31-11-4-5-17-18(31)6-3-10-26-17;18-14-13-15(24(22-14)12-3-1-2-8-26-12)20-11(9-19-13)23-6-4-17(5-7-23)10-27-16(25)21-17;11-6-5-13-8-9(12)15-16(10(8)14-6)7-3-1-2-4-17-7/h3,6,10,15,20H,1-2,4-5,7-9,11-14,16H2,(H2,26,30);3,6,10,15,20H,1-2,4-5,7-9,11-14,16H2,(H,29,34);3,6,10,15,20,33H,1-2,4-5,7-9,11-14,16,25H2;9,12H,1-8,10H2,(H,21,25);5,7H,1-4H2. The van der Waals surface area contributed by atoms with E-state index in [-0.39, 0.29) is 66.5 Å². The summed E-state index contributed by atoms with van der Waals surface area (Å²) in [5, 5.41) is 40.3. The highest BCUT2D eigenvalue weighted by Crippen LogP contribution is 2.46. The first-order chi connectivity index (χ1) is 73.4. The van der Waals surface area contributed by atoms with E-state index in [1.54, 1.807) is 10.9 Å². The SMILES string of the molecule is Clc1cnc2c(I)nn(C3CCCCO3)c2n1.NC1(CO)CCN(c2cnc3c(N4CCCc5ncccc54)nn(C4CCCCO4)c3n2)CC1.NC1=NC2(CCN(c3cnc4c(N5CCCc6ncccc65)nn(C5CCCCO5)c4n3)CC2)CO1.O=C1NC2(CCN(c3cnc4c(I)nn(C5CCCCO5)c4n3)CC2)CO1.O=C1NC2(CCN(c3cnc4c(N5CCCc6ncccc65)nn(C5CCCCO5)c4n3)CC2)CO1. The van der Waals surface area contributed by atoms with Crippen LogP contribution in [0.15, 0.2) is 91.0 Å². The average Bonchev–Trinajstić information content (AvgIpc) is 1.60. The molecule has 11 saturated heterocycles. The van der Waals surface area contributed by atoms with E-state index in [0.29, 0.717) is 36.6 Å². The molecule has 13 aromatic rings. The van der Waals surface area contributed by atoms with Crippen LogP contribution in [0.5, 0.6) is 0 Å². The van der Waals surface area contributed by atoms with Gasteiger partial charge >= 0.3 is 12.2 Å². The molecule has 46 nitrogen and oxygen atoms in total. The van der Waals surface area contributed by atoms with Crippen LogP contribution in [0.1, 0.15) is 215 Å². The van der Waals surface area contributed by atoms with Gasteiger partial charge in [-0.25, -0.2) is 87.8 Å². The molecule has 5 atom stereocenters. The van der Waals surface area contributed by atoms with Gasteiger partial charge in [0, 0.05) is 129 Å². The second-order valence-corrected chi connectivity index (χ2v) is 43.8. The number of fused-ring (bicyclic) bond motifs is 8. The lowest BCUT2D eigenvalue weighted by Gasteiger charge is -2.38. The smallest absolute Gasteiger partial charge is 0.407 e. The first-order valence-corrected chi connectivity index (χ1v) is 55.7. The zero-order valence-corrected chi connectivity index (χ0v) is 88.9. The number of nitrogens with one attached hydrogen (secondary N) is 2. The van der Waals surface area contributed by atoms with Gasteiger partial charge in [0.15, 0.2) is 101 Å². The molecule has 3 spiro atoms. The zero-order valence-electron chi connectivity index (χ0n) is 83.8. The highest BCUT2D eigenvalue weighted by molar-refractivity contribution is 14.1. The molecule has 13 aromatic heterocycles. The molecule has 2 amide bonds. The molecule has 0 aliphatic carbocycles. The molecule has 0 aromatic carbocycles. The number of ether oxygens (including phenoxy) is 8. The number of anilines is 10. The quantitative estimate of drug-likeness (QED) is 0.0669. The molecule has 15 aliphatic heterocycles. The Bertz CT molecular complexity index is 7090. The Balaban J connectivity index is 0.000000102. The number of aliphatic hydroxyl groups is 1. The number of carbonyl (C=O) groups is 2. The third-order valence-electron chi connectivity index (χ3n) is 31.6. The van der Waals surface area contributed by atoms with E-state index in [1.807, 2.05) is 80.3 Å². The molecule has 150 heavy (non-hydrogen) atoms. The van der Waals surface area contributed by atoms with Crippen molar-refractivity contribution in [1.82, 2.24) is 124 Å². The number of hydrogen-bond donors (Lipinski definition) is 5. The fraction of sp³-hybridized carbons (Fsp3) is 0.574. The van der Waals surface area contributed by atoms with E-state index >= 15 is 0 Å². The van der Waals surface area contributed by atoms with Gasteiger partial charge in [-0.1, -0.05) is 11.6 Å². The highest BCUT2D eigenvalue weighted by atomic mass is 127. The van der Waals surface area contributed by atoms with Crippen molar-refractivity contribution in [3.63, 3.8) is 0 Å². The first-order valence-electron chi connectivity index (χ1n) is 53.2. The number of cyclic esters (lactones) is 2. The van der Waals surface area contributed by atoms with Gasteiger partial charge in [0.25, 0.3) is 6.02 Å². The van der Waals surface area contributed by atoms with Crippen LogP contribution in [0.25, 0.3) is 55.8 Å². The normalized spacial score (nSPS) is 23.3. The molecule has 28 heterocycles. The minimum Gasteiger partial charge on any atom is -0.463 e. The predicted molar refractivity (Wildman–Crippen MR) is 574 cm³/mol. The van der Waals surface area contributed by atoms with Gasteiger partial charge in [-0.3, -0.25) is 15.0 Å². The summed E-state index contributed by atoms with van der Waals surface area (Å²) < 4.78 is 57.0. The minimum absolute atomic E-state index is 0.00681. The Labute approximate surface area is 896 Å². The maximum absolute atomic E-state index is 11.6. The van der Waals surface area contributed by atoms with Crippen molar-refractivity contribution in [3.8, 4) is 0 Å². The van der Waals surface area contributed by atoms with Gasteiger partial charge in [0.1, 0.15) is 64.8 Å². The summed E-state index contributed by atoms with van der Waals surface area (Å²) in [5.74, 6) is 5.81. The van der Waals surface area contributed by atoms with Gasteiger partial charge in [-0.2, -0.15) is 10.2 Å². The molecule has 0 saturated carbocycles. The number of aliphatic imine (C=N–C) groups is 1. The lowest BCUT2D eigenvalue weighted by molar-refractivity contribution is -0.0373. The summed E-state index contributed by atoms with van der Waals surface area (Å²) in [5.41, 5.74) is 25.2. The van der Waals surface area contributed by atoms with Gasteiger partial charge in [-0.15, -0.1) is 15.3 Å². The van der Waals surface area contributed by atoms with E-state index < -0.39 is 5.54 Å². The van der Waals surface area contributed by atoms with Crippen LogP contribution >= 0.6 is 56.8 Å². The summed E-state index contributed by atoms with van der Waals surface area (Å²) >= 11 is 10.2. The number of nitrogens with two attached hydrogens (primary N) is 2. The molecule has 7 N–H and O–H groups in total. The maximum Gasteiger partial charge on any atom is 0.407 e. The van der Waals surface area contributed by atoms with Gasteiger partial charge < -0.3 is 99.4 Å². The molecular formula is C101H124ClI2N35O11. The fourth-order valence-electron chi connectivity index (χ4n) is 23.1. The lowest BCUT2D eigenvalue weighted by atomic mass is 9.89. The number of alkyl carbamates (subject to hydrolysis) is 2. The van der Waals surface area contributed by atoms with Crippen molar-refractivity contribution < 1.29 is 52.6 Å². The minimum atomic E-state index is -0.505. The van der Waals surface area contributed by atoms with E-state index in [4.69, 9.17) is 111 Å². The number of amidine groups is 1. The summed E-state index contributed by atoms with van der Waals surface area (Å²) in [6.07, 6.45) is 41.5. The number of carbonyl (C=O) groups excluding carboxylic acids is 2. The van der Waals surface area contributed by atoms with Crippen molar-refractivity contribution in [1.29, 1.82) is 0 Å². The summed E-state index contributed by atoms with van der Waals surface area (Å²) in [7, 11) is 0. The number of piperidine rings is 4. The number of amides is 2. The lowest BCUT2D eigenvalue weighted by Crippen LogP contribution is -2.53. The van der Waals surface area contributed by atoms with Crippen LogP contribution in [0.4, 0.5) is 67.4 Å². The van der Waals surface area contributed by atoms with Crippen molar-refractivity contribution in [2.75, 3.05) is 166 Å². The third kappa shape index (κ3) is 20.5. The number of aromatic nitrogens is 23. The first kappa shape index (κ1) is 100.0. The Morgan fingerprint density at radius 1 is 0.380 bits per heavy atom. The van der Waals surface area contributed by atoms with Crippen LogP contribution in [-0.2, 0) is 57.2 Å². The summed E-state index contributed by atoms with van der Waals surface area (Å²) in [4.78, 5) is 105. The van der Waals surface area contributed by atoms with Gasteiger partial charge in [0.05, 0.1) is 82.8 Å². The number of rotatable bonds is 13. The average molecular weight is 2290 g/mol. The Morgan fingerprint density at radius 3 is 1.02 bits per heavy atom. The van der Waals surface area contributed by atoms with E-state index in [2.05, 4.69) is 153 Å². The molecule has 15 aliphatic rings. The van der Waals surface area contributed by atoms with Gasteiger partial charge in [-0.05, 0) is 268 Å². The second kappa shape index (κ2) is 43.3. The van der Waals surface area contributed by atoms with E-state index in [1.165, 1.54) is 0 Å². The molecule has 5 unspecified atom stereocenters. The zero-order chi connectivity index (χ0) is 102. The Hall–Kier alpha value is -11.9. The summed E-state index contributed by atoms with van der Waals surface area (Å²) in [6.45, 7) is 14.1. The molecule has 0 bridgehead atoms. The molecule has 28 rings (SSSR count). The number of nitrogens with zero attached hydrogens (tertiary/aromatic N) is 31. The fourth-order valence-corrected chi connectivity index (χ4v) is 24.4. The number of pyridine rings is 3. The van der Waals surface area contributed by atoms with E-state index in [9.17, 15) is 14.7 Å². The van der Waals surface area contributed by atoms with Crippen LogP contribution < -0.4 is 56.4 Å². The van der Waals surface area contributed by atoms with Crippen LogP contribution in [0, 0.1) is 7.40 Å². The van der Waals surface area contributed by atoms with Crippen LogP contribution in [0.2, 0.25) is 5.15 Å². The number of aliphatic hydroxyl groups excluding tert-OH is 1. The van der Waals surface area contributed by atoms with E-state index in [0.717, 1.165) is 424 Å². The molecule has 11 fully saturated rings. The van der Waals surface area contributed by atoms with Crippen molar-refractivity contribution >= 4 is 189 Å². The molecule has 790 valence electrons. The molecule has 49 heteroatoms. The molecular weight excluding hydrogens is 2170 g/mol. The van der Waals surface area contributed by atoms with Gasteiger partial charge in [0.2, 0.25) is 0 Å². The largest absolute Gasteiger partial charge is 0.463 e. The Morgan fingerprint density at radius 2 is 0.700 bits per heavy atom. The second-order valence-electron chi connectivity index (χ2n) is 41.4. The van der Waals surface area contributed by atoms with Crippen molar-refractivity contribution in [3.05, 3.63) is 116 Å². The monoisotopic (exact) mass is 2290 g/mol. The number of aryl methyl sites for hydroxylation is 3. The molecule has 0 radical (unpaired) electrons. The van der Waals surface area contributed by atoms with Crippen molar-refractivity contribution in [2.24, 2.45) is 16.5 Å². The van der Waals surface area contributed by atoms with Crippen LogP contribution in [0.3, 0.4) is 0 Å². The predicted octanol–water partition coefficient (Wildman–Crippen LogP) is 13.1.